The summed E-state index contributed by atoms with van der Waals surface area (Å²) in [4.78, 5) is 53.0. The number of piperidine rings is 2. The number of aliphatic hydroxyl groups excluding tert-OH is 1. The number of imide groups is 1. The minimum Gasteiger partial charge on any atom is -0.507 e. The summed E-state index contributed by atoms with van der Waals surface area (Å²) in [6, 6.07) is 13.0. The zero-order chi connectivity index (χ0) is 35.9. The predicted octanol–water partition coefficient (Wildman–Crippen LogP) is 0.989. The molecular formula is C35H42N8O8. The van der Waals surface area contributed by atoms with E-state index in [0.29, 0.717) is 60.1 Å². The quantitative estimate of drug-likeness (QED) is 0.0785. The molecule has 2 fully saturated rings. The van der Waals surface area contributed by atoms with E-state index in [1.165, 1.54) is 4.90 Å². The van der Waals surface area contributed by atoms with Gasteiger partial charge in [-0.25, -0.2) is 0 Å². The summed E-state index contributed by atoms with van der Waals surface area (Å²) in [5, 5.41) is 37.4. The minimum absolute atomic E-state index is 0.0428. The maximum Gasteiger partial charge on any atom is 0.255 e. The lowest BCUT2D eigenvalue weighted by atomic mass is 9.94. The number of aliphatic hydroxyl groups is 1. The topological polar surface area (TPSA) is 222 Å². The number of fused-ring (bicyclic) bond motifs is 1. The third kappa shape index (κ3) is 8.42. The van der Waals surface area contributed by atoms with Crippen molar-refractivity contribution in [1.82, 2.24) is 25.7 Å². The summed E-state index contributed by atoms with van der Waals surface area (Å²) in [6.45, 7) is 2.48. The number of benzene rings is 2. The van der Waals surface area contributed by atoms with Gasteiger partial charge in [-0.3, -0.25) is 29.8 Å². The number of nitrogens with two attached hydrogens (primary N) is 1. The highest BCUT2D eigenvalue weighted by molar-refractivity contribution is 6.06. The Morgan fingerprint density at radius 1 is 1.00 bits per heavy atom. The molecule has 16 nitrogen and oxygen atoms in total. The van der Waals surface area contributed by atoms with E-state index in [1.807, 2.05) is 12.1 Å². The lowest BCUT2D eigenvalue weighted by Crippen LogP contribution is -2.52. The molecule has 3 aromatic rings. The second-order valence-corrected chi connectivity index (χ2v) is 12.7. The second kappa shape index (κ2) is 16.2. The molecule has 0 spiro atoms. The molecule has 3 aliphatic rings. The van der Waals surface area contributed by atoms with Gasteiger partial charge in [0.2, 0.25) is 17.7 Å². The van der Waals surface area contributed by atoms with Crippen molar-refractivity contribution < 1.29 is 38.9 Å². The van der Waals surface area contributed by atoms with E-state index < -0.39 is 24.1 Å². The van der Waals surface area contributed by atoms with Gasteiger partial charge >= 0.3 is 0 Å². The lowest BCUT2D eigenvalue weighted by Gasteiger charge is -2.36. The molecule has 2 unspecified atom stereocenters. The van der Waals surface area contributed by atoms with Crippen molar-refractivity contribution in [2.24, 2.45) is 5.92 Å². The SMILES string of the molecule is Nc1nnc(-c2ccccc2O)cc1N1CCC(C(O)NCCOCCOCC(=O)Nc2cccc3c2CN(C2CCC(=O)NC2=O)C3=O)CC1. The van der Waals surface area contributed by atoms with Crippen LogP contribution < -0.4 is 26.6 Å². The first-order valence-corrected chi connectivity index (χ1v) is 17.0. The van der Waals surface area contributed by atoms with E-state index in [9.17, 15) is 29.4 Å². The second-order valence-electron chi connectivity index (χ2n) is 12.7. The zero-order valence-corrected chi connectivity index (χ0v) is 28.0. The molecule has 270 valence electrons. The van der Waals surface area contributed by atoms with E-state index in [-0.39, 0.29) is 62.7 Å². The van der Waals surface area contributed by atoms with Gasteiger partial charge in [0.05, 0.1) is 31.2 Å². The molecule has 1 aromatic heterocycles. The number of phenolic OH excluding ortho intramolecular Hbond substituents is 1. The molecule has 2 aromatic carbocycles. The number of nitrogen functional groups attached to an aromatic ring is 1. The van der Waals surface area contributed by atoms with Crippen LogP contribution in [0.2, 0.25) is 0 Å². The smallest absolute Gasteiger partial charge is 0.255 e. The van der Waals surface area contributed by atoms with E-state index >= 15 is 0 Å². The van der Waals surface area contributed by atoms with Crippen LogP contribution in [0.1, 0.15) is 41.6 Å². The Balaban J connectivity index is 0.854. The van der Waals surface area contributed by atoms with E-state index in [0.717, 1.165) is 18.5 Å². The van der Waals surface area contributed by atoms with Gasteiger partial charge in [-0.15, -0.1) is 10.2 Å². The van der Waals surface area contributed by atoms with E-state index in [4.69, 9.17) is 15.2 Å². The monoisotopic (exact) mass is 702 g/mol. The fourth-order valence-electron chi connectivity index (χ4n) is 6.64. The first-order valence-electron chi connectivity index (χ1n) is 17.0. The third-order valence-corrected chi connectivity index (χ3v) is 9.37. The fraction of sp³-hybridized carbons (Fsp3) is 0.429. The number of aromatic hydroxyl groups is 1. The summed E-state index contributed by atoms with van der Waals surface area (Å²) in [5.74, 6) is -1.10. The number of rotatable bonds is 14. The number of carbonyl (C=O) groups excluding carboxylic acids is 4. The Morgan fingerprint density at radius 2 is 1.76 bits per heavy atom. The van der Waals surface area contributed by atoms with Crippen LogP contribution in [0.4, 0.5) is 17.2 Å². The number of para-hydroxylation sites is 1. The fourth-order valence-corrected chi connectivity index (χ4v) is 6.64. The van der Waals surface area contributed by atoms with Gasteiger partial charge in [0.25, 0.3) is 5.91 Å². The maximum atomic E-state index is 13.0. The minimum atomic E-state index is -0.741. The van der Waals surface area contributed by atoms with Crippen LogP contribution in [0.15, 0.2) is 48.5 Å². The number of anilines is 3. The number of hydrogen-bond acceptors (Lipinski definition) is 13. The van der Waals surface area contributed by atoms with Gasteiger partial charge in [-0.05, 0) is 49.6 Å². The number of nitrogens with zero attached hydrogens (tertiary/aromatic N) is 4. The number of carbonyl (C=O) groups is 4. The average molecular weight is 703 g/mol. The zero-order valence-electron chi connectivity index (χ0n) is 28.0. The van der Waals surface area contributed by atoms with Crippen LogP contribution in [0.3, 0.4) is 0 Å². The van der Waals surface area contributed by atoms with Crippen molar-refractivity contribution in [2.45, 2.75) is 44.5 Å². The van der Waals surface area contributed by atoms with E-state index in [1.54, 1.807) is 36.4 Å². The molecule has 4 heterocycles. The number of phenols is 1. The molecule has 7 N–H and O–H groups in total. The van der Waals surface area contributed by atoms with Crippen LogP contribution >= 0.6 is 0 Å². The largest absolute Gasteiger partial charge is 0.507 e. The molecule has 6 rings (SSSR count). The van der Waals surface area contributed by atoms with Crippen molar-refractivity contribution in [3.63, 3.8) is 0 Å². The van der Waals surface area contributed by atoms with Crippen molar-refractivity contribution in [3.05, 3.63) is 59.7 Å². The summed E-state index contributed by atoms with van der Waals surface area (Å²) in [5.41, 5.74) is 9.48. The summed E-state index contributed by atoms with van der Waals surface area (Å²) < 4.78 is 11.1. The summed E-state index contributed by atoms with van der Waals surface area (Å²) in [7, 11) is 0. The molecule has 0 saturated carbocycles. The third-order valence-electron chi connectivity index (χ3n) is 9.37. The molecule has 0 radical (unpaired) electrons. The van der Waals surface area contributed by atoms with Crippen molar-refractivity contribution in [2.75, 3.05) is 62.0 Å². The summed E-state index contributed by atoms with van der Waals surface area (Å²) in [6.07, 6.45) is 1.18. The van der Waals surface area contributed by atoms with Gasteiger partial charge < -0.3 is 40.5 Å². The first-order chi connectivity index (χ1) is 24.7. The molecular weight excluding hydrogens is 660 g/mol. The van der Waals surface area contributed by atoms with Crippen LogP contribution in [-0.4, -0.2) is 107 Å². The lowest BCUT2D eigenvalue weighted by molar-refractivity contribution is -0.137. The number of aromatic nitrogens is 2. The number of hydrogen-bond donors (Lipinski definition) is 6. The standard InChI is InChI=1S/C35H42N8O8/c36-32-28(18-26(40-41-32)23-4-1-2-7-29(23)44)42-13-10-21(11-14-42)33(47)37-12-15-50-16-17-51-20-31(46)38-25-6-3-5-22-24(25)19-43(35(22)49)27-8-9-30(45)39-34(27)48/h1-7,18,21,27,33,37,44,47H,8-17,19-20H2,(H2,36,41)(H,38,46)(H,39,45,48). The highest BCUT2D eigenvalue weighted by Crippen LogP contribution is 2.34. The first kappa shape index (κ1) is 35.7. The van der Waals surface area contributed by atoms with Crippen molar-refractivity contribution in [1.29, 1.82) is 0 Å². The van der Waals surface area contributed by atoms with E-state index in [2.05, 4.69) is 31.0 Å². The molecule has 0 aliphatic carbocycles. The molecule has 16 heteroatoms. The summed E-state index contributed by atoms with van der Waals surface area (Å²) >= 11 is 0. The van der Waals surface area contributed by atoms with Gasteiger partial charge in [0.1, 0.15) is 24.6 Å². The number of ether oxygens (including phenoxy) is 2. The molecule has 2 atom stereocenters. The Labute approximate surface area is 294 Å². The Kier molecular flexibility index (Phi) is 11.4. The Morgan fingerprint density at radius 3 is 2.55 bits per heavy atom. The van der Waals surface area contributed by atoms with Crippen LogP contribution in [-0.2, 0) is 30.4 Å². The average Bonchev–Trinajstić information content (AvgIpc) is 3.46. The van der Waals surface area contributed by atoms with Crippen LogP contribution in [0, 0.1) is 5.92 Å². The highest BCUT2D eigenvalue weighted by atomic mass is 16.5. The van der Waals surface area contributed by atoms with Gasteiger partial charge in [0, 0.05) is 60.9 Å². The predicted molar refractivity (Wildman–Crippen MR) is 185 cm³/mol. The molecule has 3 aliphatic heterocycles. The number of amides is 4. The molecule has 2 saturated heterocycles. The van der Waals surface area contributed by atoms with Crippen molar-refractivity contribution in [3.8, 4) is 17.0 Å². The molecule has 4 amide bonds. The Bertz CT molecular complexity index is 1770. The normalized spacial score (nSPS) is 18.5. The van der Waals surface area contributed by atoms with Gasteiger partial charge in [0.15, 0.2) is 5.82 Å². The maximum absolute atomic E-state index is 13.0. The molecule has 51 heavy (non-hydrogen) atoms. The Hall–Kier alpha value is -5.16. The van der Waals surface area contributed by atoms with Gasteiger partial charge in [-0.2, -0.15) is 0 Å². The van der Waals surface area contributed by atoms with Crippen molar-refractivity contribution >= 4 is 40.8 Å². The van der Waals surface area contributed by atoms with Gasteiger partial charge in [-0.1, -0.05) is 18.2 Å². The molecule has 0 bridgehead atoms. The van der Waals surface area contributed by atoms with Crippen LogP contribution in [0.5, 0.6) is 5.75 Å². The highest BCUT2D eigenvalue weighted by Gasteiger charge is 2.40. The number of nitrogens with one attached hydrogen (secondary N) is 3. The van der Waals surface area contributed by atoms with Crippen LogP contribution in [0.25, 0.3) is 11.3 Å².